The van der Waals surface area contributed by atoms with Gasteiger partial charge in [-0.1, -0.05) is 17.7 Å². The van der Waals surface area contributed by atoms with Crippen molar-refractivity contribution in [3.8, 4) is 5.88 Å². The Morgan fingerprint density at radius 2 is 2.03 bits per heavy atom. The fraction of sp³-hybridized carbons (Fsp3) is 0.625. The van der Waals surface area contributed by atoms with Crippen LogP contribution in [0.15, 0.2) is 41.8 Å². The number of piperidine rings is 2. The first-order valence-corrected chi connectivity index (χ1v) is 11.3. The van der Waals surface area contributed by atoms with Crippen molar-refractivity contribution in [3.63, 3.8) is 0 Å². The number of alkyl halides is 1. The van der Waals surface area contributed by atoms with Crippen LogP contribution in [0.3, 0.4) is 0 Å². The highest BCUT2D eigenvalue weighted by atomic mass is 19.1. The molecular weight excluding hydrogens is 381 g/mol. The van der Waals surface area contributed by atoms with Crippen molar-refractivity contribution in [1.29, 1.82) is 0 Å². The Morgan fingerprint density at radius 3 is 2.77 bits per heavy atom. The maximum Gasteiger partial charge on any atom is 0.212 e. The molecule has 2 fully saturated rings. The van der Waals surface area contributed by atoms with Gasteiger partial charge in [0.1, 0.15) is 6.17 Å². The minimum Gasteiger partial charge on any atom is -0.498 e. The number of likely N-dealkylation sites (tertiary alicyclic amines) is 2. The number of nitrogens with zero attached hydrogens (tertiary/aromatic N) is 2. The van der Waals surface area contributed by atoms with Crippen LogP contribution in [0, 0.1) is 5.92 Å². The van der Waals surface area contributed by atoms with E-state index in [4.69, 9.17) is 9.47 Å². The Labute approximate surface area is 179 Å². The van der Waals surface area contributed by atoms with Gasteiger partial charge in [0, 0.05) is 62.9 Å². The highest BCUT2D eigenvalue weighted by Crippen LogP contribution is 2.40. The summed E-state index contributed by atoms with van der Waals surface area (Å²) in [4.78, 5) is 8.35. The molecule has 2 aliphatic heterocycles. The summed E-state index contributed by atoms with van der Waals surface area (Å²) >= 11 is 0. The van der Waals surface area contributed by atoms with Crippen LogP contribution in [0.4, 0.5) is 4.39 Å². The standard InChI is InChI=1S/C24H34FN3O2/c1-27-16-19-14-21(30-13-3-10-28-11-8-20(25)9-12-28)5-6-22(19)23(17-27)18-4-7-24(29-2)26-15-18/h4-7,15,19-20,23H,3,8-14,16-17H2,1-2H3/p+1. The van der Waals surface area contributed by atoms with E-state index in [9.17, 15) is 4.39 Å². The monoisotopic (exact) mass is 416 g/mol. The Morgan fingerprint density at radius 1 is 1.20 bits per heavy atom. The van der Waals surface area contributed by atoms with Gasteiger partial charge >= 0.3 is 0 Å². The van der Waals surface area contributed by atoms with E-state index < -0.39 is 6.17 Å². The predicted molar refractivity (Wildman–Crippen MR) is 116 cm³/mol. The lowest BCUT2D eigenvalue weighted by Gasteiger charge is -2.40. The third-order valence-electron chi connectivity index (χ3n) is 6.76. The van der Waals surface area contributed by atoms with Crippen molar-refractivity contribution in [2.24, 2.45) is 5.92 Å². The van der Waals surface area contributed by atoms with Gasteiger partial charge in [-0.3, -0.25) is 0 Å². The molecule has 0 bridgehead atoms. The molecule has 2 atom stereocenters. The summed E-state index contributed by atoms with van der Waals surface area (Å²) in [5.41, 5.74) is 2.74. The van der Waals surface area contributed by atoms with Gasteiger partial charge in [-0.2, -0.15) is 0 Å². The number of likely N-dealkylation sites (N-methyl/N-ethyl adjacent to an activating group) is 1. The van der Waals surface area contributed by atoms with Crippen molar-refractivity contribution in [2.45, 2.75) is 37.8 Å². The van der Waals surface area contributed by atoms with Gasteiger partial charge < -0.3 is 19.3 Å². The van der Waals surface area contributed by atoms with Crippen LogP contribution >= 0.6 is 0 Å². The van der Waals surface area contributed by atoms with E-state index >= 15 is 0 Å². The number of halogens is 1. The number of quaternary nitrogens is 1. The number of fused-ring (bicyclic) bond motifs is 1. The second-order valence-corrected chi connectivity index (χ2v) is 8.99. The van der Waals surface area contributed by atoms with E-state index in [0.29, 0.717) is 17.7 Å². The van der Waals surface area contributed by atoms with E-state index in [1.54, 1.807) is 7.11 Å². The molecule has 0 amide bonds. The predicted octanol–water partition coefficient (Wildman–Crippen LogP) is 2.37. The normalized spacial score (nSPS) is 29.6. The van der Waals surface area contributed by atoms with Crippen molar-refractivity contribution < 1.29 is 18.8 Å². The molecule has 30 heavy (non-hydrogen) atoms. The molecule has 164 valence electrons. The van der Waals surface area contributed by atoms with Crippen LogP contribution < -0.4 is 9.64 Å². The fourth-order valence-corrected chi connectivity index (χ4v) is 5.08. The third kappa shape index (κ3) is 5.22. The van der Waals surface area contributed by atoms with Crippen LogP contribution in [0.5, 0.6) is 5.88 Å². The lowest BCUT2D eigenvalue weighted by molar-refractivity contribution is -0.906. The molecule has 0 saturated carbocycles. The fourth-order valence-electron chi connectivity index (χ4n) is 5.08. The second kappa shape index (κ2) is 9.92. The van der Waals surface area contributed by atoms with Crippen molar-refractivity contribution in [1.82, 2.24) is 9.88 Å². The molecule has 0 aromatic carbocycles. The first-order chi connectivity index (χ1) is 14.6. The van der Waals surface area contributed by atoms with Gasteiger partial charge in [0.2, 0.25) is 5.88 Å². The number of pyridine rings is 1. The maximum absolute atomic E-state index is 13.3. The Balaban J connectivity index is 1.33. The van der Waals surface area contributed by atoms with E-state index in [2.05, 4.69) is 35.1 Å². The number of rotatable bonds is 7. The molecular formula is C24H35FN3O2+. The number of hydrogen-bond acceptors (Lipinski definition) is 4. The van der Waals surface area contributed by atoms with Crippen LogP contribution in [-0.2, 0) is 4.74 Å². The number of hydrogen-bond donors (Lipinski definition) is 1. The van der Waals surface area contributed by atoms with E-state index in [1.165, 1.54) is 16.0 Å². The second-order valence-electron chi connectivity index (χ2n) is 8.99. The van der Waals surface area contributed by atoms with Gasteiger partial charge in [-0.05, 0) is 18.7 Å². The van der Waals surface area contributed by atoms with Crippen LogP contribution in [0.1, 0.15) is 37.2 Å². The largest absolute Gasteiger partial charge is 0.498 e. The van der Waals surface area contributed by atoms with Crippen molar-refractivity contribution in [3.05, 3.63) is 47.4 Å². The first-order valence-electron chi connectivity index (χ1n) is 11.3. The average molecular weight is 417 g/mol. The Kier molecular flexibility index (Phi) is 7.05. The van der Waals surface area contributed by atoms with Gasteiger partial charge in [0.05, 0.1) is 39.1 Å². The highest BCUT2D eigenvalue weighted by molar-refractivity contribution is 5.37. The molecule has 1 aromatic heterocycles. The van der Waals surface area contributed by atoms with Gasteiger partial charge in [-0.15, -0.1) is 0 Å². The summed E-state index contributed by atoms with van der Waals surface area (Å²) in [6, 6.07) is 4.09. The van der Waals surface area contributed by atoms with Gasteiger partial charge in [0.15, 0.2) is 0 Å². The molecule has 5 nitrogen and oxygen atoms in total. The third-order valence-corrected chi connectivity index (χ3v) is 6.76. The summed E-state index contributed by atoms with van der Waals surface area (Å²) in [5.74, 6) is 2.61. The van der Waals surface area contributed by atoms with Crippen molar-refractivity contribution >= 4 is 0 Å². The molecule has 4 rings (SSSR count). The number of nitrogens with one attached hydrogen (secondary N) is 1. The molecule has 3 heterocycles. The summed E-state index contributed by atoms with van der Waals surface area (Å²) in [6.45, 7) is 5.84. The molecule has 1 aromatic rings. The topological polar surface area (TPSA) is 39.0 Å². The molecule has 2 saturated heterocycles. The number of methoxy groups -OCH3 is 1. The minimum atomic E-state index is -0.579. The smallest absolute Gasteiger partial charge is 0.212 e. The molecule has 1 aliphatic carbocycles. The molecule has 0 spiro atoms. The van der Waals surface area contributed by atoms with Crippen molar-refractivity contribution in [2.75, 3.05) is 53.5 Å². The van der Waals surface area contributed by atoms with Crippen LogP contribution in [0.25, 0.3) is 0 Å². The van der Waals surface area contributed by atoms with Gasteiger partial charge in [-0.25, -0.2) is 9.37 Å². The zero-order chi connectivity index (χ0) is 20.9. The maximum atomic E-state index is 13.3. The zero-order valence-corrected chi connectivity index (χ0v) is 18.3. The number of aromatic nitrogens is 1. The Bertz CT molecular complexity index is 756. The quantitative estimate of drug-likeness (QED) is 0.693. The molecule has 3 aliphatic rings. The Hall–Kier alpha value is -1.92. The summed E-state index contributed by atoms with van der Waals surface area (Å²) in [7, 11) is 3.85. The summed E-state index contributed by atoms with van der Waals surface area (Å²) in [6.07, 6.45) is 9.26. The summed E-state index contributed by atoms with van der Waals surface area (Å²) < 4.78 is 24.6. The van der Waals surface area contributed by atoms with Crippen LogP contribution in [-0.4, -0.2) is 69.5 Å². The molecule has 1 N–H and O–H groups in total. The lowest BCUT2D eigenvalue weighted by atomic mass is 9.76. The minimum absolute atomic E-state index is 0.368. The number of ether oxygens (including phenoxy) is 2. The van der Waals surface area contributed by atoms with Gasteiger partial charge in [0.25, 0.3) is 0 Å². The molecule has 6 heteroatoms. The van der Waals surface area contributed by atoms with Crippen LogP contribution in [0.2, 0.25) is 0 Å². The number of allylic oxidation sites excluding steroid dienone is 3. The SMILES string of the molecule is COc1ccc(C2CN(C)CC3CC(OCCC[NH+]4CCC(F)CC4)=CC=C32)cn1. The van der Waals surface area contributed by atoms with E-state index in [-0.39, 0.29) is 0 Å². The zero-order valence-electron chi connectivity index (χ0n) is 18.3. The first kappa shape index (κ1) is 21.3. The lowest BCUT2D eigenvalue weighted by Crippen LogP contribution is -3.13. The molecule has 2 unspecified atom stereocenters. The van der Waals surface area contributed by atoms with E-state index in [0.717, 1.165) is 70.8 Å². The summed E-state index contributed by atoms with van der Waals surface area (Å²) in [5, 5.41) is 0. The molecule has 0 radical (unpaired) electrons. The van der Waals surface area contributed by atoms with E-state index in [1.807, 2.05) is 12.3 Å². The average Bonchev–Trinajstić information content (AvgIpc) is 2.77. The highest BCUT2D eigenvalue weighted by Gasteiger charge is 2.33.